The molecular formula is C22H24FN. The van der Waals surface area contributed by atoms with Crippen LogP contribution in [0.5, 0.6) is 0 Å². The monoisotopic (exact) mass is 321 g/mol. The standard InChI is InChI=1S/C22H24FN/c1-15(2)20-14-19(16-8-4-3-5-9-16)21(23)22-18-11-7-6-10-17(18)12-13-24(20)22/h3-11,15,20,22H,12-14H2,1-2H3/t20-,22-/m1/s1. The smallest absolute Gasteiger partial charge is 0.125 e. The van der Waals surface area contributed by atoms with E-state index in [0.29, 0.717) is 12.0 Å². The van der Waals surface area contributed by atoms with Gasteiger partial charge in [-0.3, -0.25) is 4.90 Å². The van der Waals surface area contributed by atoms with E-state index in [1.54, 1.807) is 0 Å². The third kappa shape index (κ3) is 2.50. The van der Waals surface area contributed by atoms with E-state index in [2.05, 4.69) is 36.9 Å². The molecule has 0 aliphatic carbocycles. The summed E-state index contributed by atoms with van der Waals surface area (Å²) in [6.45, 7) is 5.46. The zero-order valence-corrected chi connectivity index (χ0v) is 14.4. The first-order chi connectivity index (χ1) is 11.7. The van der Waals surface area contributed by atoms with Crippen LogP contribution in [0.15, 0.2) is 60.4 Å². The summed E-state index contributed by atoms with van der Waals surface area (Å²) in [6.07, 6.45) is 1.82. The number of hydrogen-bond donors (Lipinski definition) is 0. The molecule has 24 heavy (non-hydrogen) atoms. The summed E-state index contributed by atoms with van der Waals surface area (Å²) in [7, 11) is 0. The molecule has 2 atom stereocenters. The second-order valence-electron chi connectivity index (χ2n) is 7.30. The van der Waals surface area contributed by atoms with Crippen LogP contribution in [0, 0.1) is 5.92 Å². The second-order valence-corrected chi connectivity index (χ2v) is 7.30. The molecule has 2 aromatic carbocycles. The molecule has 0 radical (unpaired) electrons. The van der Waals surface area contributed by atoms with E-state index in [9.17, 15) is 0 Å². The van der Waals surface area contributed by atoms with Crippen molar-refractivity contribution in [2.45, 2.75) is 38.8 Å². The van der Waals surface area contributed by atoms with Crippen molar-refractivity contribution in [2.24, 2.45) is 5.92 Å². The van der Waals surface area contributed by atoms with Crippen LogP contribution in [0.2, 0.25) is 0 Å². The third-order valence-electron chi connectivity index (χ3n) is 5.58. The van der Waals surface area contributed by atoms with Crippen molar-refractivity contribution >= 4 is 5.57 Å². The molecule has 0 saturated carbocycles. The number of hydrogen-bond acceptors (Lipinski definition) is 1. The first-order valence-electron chi connectivity index (χ1n) is 8.94. The highest BCUT2D eigenvalue weighted by Crippen LogP contribution is 2.47. The fourth-order valence-corrected chi connectivity index (χ4v) is 4.33. The van der Waals surface area contributed by atoms with Gasteiger partial charge in [0.05, 0.1) is 6.04 Å². The van der Waals surface area contributed by atoms with Gasteiger partial charge in [-0.25, -0.2) is 4.39 Å². The van der Waals surface area contributed by atoms with E-state index in [-0.39, 0.29) is 11.9 Å². The highest BCUT2D eigenvalue weighted by molar-refractivity contribution is 5.70. The maximum atomic E-state index is 15.6. The SMILES string of the molecule is CC(C)[C@H]1CC(c2ccccc2)=C(F)[C@H]2c3ccccc3CCN12. The van der Waals surface area contributed by atoms with Crippen molar-refractivity contribution in [2.75, 3.05) is 6.54 Å². The predicted molar refractivity (Wildman–Crippen MR) is 97.3 cm³/mol. The van der Waals surface area contributed by atoms with Crippen LogP contribution in [-0.4, -0.2) is 17.5 Å². The first kappa shape index (κ1) is 15.6. The summed E-state index contributed by atoms with van der Waals surface area (Å²) < 4.78 is 15.6. The number of halogens is 1. The van der Waals surface area contributed by atoms with Crippen molar-refractivity contribution in [1.29, 1.82) is 0 Å². The second kappa shape index (κ2) is 6.18. The summed E-state index contributed by atoms with van der Waals surface area (Å²) in [5.74, 6) is 0.551. The van der Waals surface area contributed by atoms with E-state index >= 15 is 4.39 Å². The first-order valence-corrected chi connectivity index (χ1v) is 8.94. The van der Waals surface area contributed by atoms with Crippen LogP contribution in [0.3, 0.4) is 0 Å². The lowest BCUT2D eigenvalue weighted by molar-refractivity contribution is 0.0895. The third-order valence-corrected chi connectivity index (χ3v) is 5.58. The molecule has 2 aliphatic heterocycles. The minimum absolute atomic E-state index is 0.0465. The molecule has 1 nitrogen and oxygen atoms in total. The van der Waals surface area contributed by atoms with Gasteiger partial charge in [-0.15, -0.1) is 0 Å². The summed E-state index contributed by atoms with van der Waals surface area (Å²) in [4.78, 5) is 2.40. The number of fused-ring (bicyclic) bond motifs is 3. The van der Waals surface area contributed by atoms with E-state index in [1.165, 1.54) is 5.56 Å². The van der Waals surface area contributed by atoms with Crippen LogP contribution < -0.4 is 0 Å². The number of rotatable bonds is 2. The van der Waals surface area contributed by atoms with E-state index in [1.807, 2.05) is 36.4 Å². The van der Waals surface area contributed by atoms with Crippen molar-refractivity contribution in [1.82, 2.24) is 4.90 Å². The fourth-order valence-electron chi connectivity index (χ4n) is 4.33. The Balaban J connectivity index is 1.88. The predicted octanol–water partition coefficient (Wildman–Crippen LogP) is 5.39. The molecule has 2 aliphatic rings. The van der Waals surface area contributed by atoms with Gasteiger partial charge in [-0.05, 0) is 41.0 Å². The van der Waals surface area contributed by atoms with E-state index < -0.39 is 0 Å². The molecule has 0 unspecified atom stereocenters. The topological polar surface area (TPSA) is 3.24 Å². The molecule has 0 amide bonds. The Bertz CT molecular complexity index is 763. The van der Waals surface area contributed by atoms with Gasteiger partial charge < -0.3 is 0 Å². The Kier molecular flexibility index (Phi) is 4.01. The Morgan fingerprint density at radius 1 is 1.00 bits per heavy atom. The summed E-state index contributed by atoms with van der Waals surface area (Å²) in [5, 5.41) is 0. The lowest BCUT2D eigenvalue weighted by atomic mass is 9.79. The molecule has 0 spiro atoms. The maximum Gasteiger partial charge on any atom is 0.125 e. The molecule has 4 rings (SSSR count). The van der Waals surface area contributed by atoms with Gasteiger partial charge in [0.25, 0.3) is 0 Å². The lowest BCUT2D eigenvalue weighted by Crippen LogP contribution is -2.48. The normalized spacial score (nSPS) is 24.0. The maximum absolute atomic E-state index is 15.6. The Morgan fingerprint density at radius 2 is 1.71 bits per heavy atom. The minimum atomic E-state index is -0.216. The van der Waals surface area contributed by atoms with Crippen molar-refractivity contribution in [3.05, 3.63) is 77.1 Å². The van der Waals surface area contributed by atoms with Crippen molar-refractivity contribution in [3.63, 3.8) is 0 Å². The Hall–Kier alpha value is -1.93. The van der Waals surface area contributed by atoms with Gasteiger partial charge in [0.1, 0.15) is 5.83 Å². The number of nitrogens with zero attached hydrogens (tertiary/aromatic N) is 1. The lowest BCUT2D eigenvalue weighted by Gasteiger charge is -2.47. The number of benzene rings is 2. The summed E-state index contributed by atoms with van der Waals surface area (Å²) in [5.41, 5.74) is 4.38. The molecule has 2 aromatic rings. The molecule has 2 heterocycles. The van der Waals surface area contributed by atoms with Crippen LogP contribution in [0.25, 0.3) is 5.57 Å². The molecular weight excluding hydrogens is 297 g/mol. The fraction of sp³-hybridized carbons (Fsp3) is 0.364. The molecule has 0 N–H and O–H groups in total. The average molecular weight is 321 g/mol. The van der Waals surface area contributed by atoms with E-state index in [0.717, 1.165) is 36.1 Å². The molecule has 0 bridgehead atoms. The Morgan fingerprint density at radius 3 is 2.46 bits per heavy atom. The molecule has 124 valence electrons. The quantitative estimate of drug-likeness (QED) is 0.716. The summed E-state index contributed by atoms with van der Waals surface area (Å²) >= 11 is 0. The van der Waals surface area contributed by atoms with Gasteiger partial charge in [0, 0.05) is 12.6 Å². The highest BCUT2D eigenvalue weighted by Gasteiger charge is 2.41. The van der Waals surface area contributed by atoms with Crippen LogP contribution in [0.1, 0.15) is 43.0 Å². The zero-order chi connectivity index (χ0) is 16.7. The van der Waals surface area contributed by atoms with Gasteiger partial charge in [-0.2, -0.15) is 0 Å². The highest BCUT2D eigenvalue weighted by atomic mass is 19.1. The van der Waals surface area contributed by atoms with Gasteiger partial charge in [0.2, 0.25) is 0 Å². The van der Waals surface area contributed by atoms with E-state index in [4.69, 9.17) is 0 Å². The van der Waals surface area contributed by atoms with Gasteiger partial charge in [-0.1, -0.05) is 68.4 Å². The van der Waals surface area contributed by atoms with Crippen LogP contribution in [0.4, 0.5) is 4.39 Å². The summed E-state index contributed by atoms with van der Waals surface area (Å²) in [6, 6.07) is 18.6. The van der Waals surface area contributed by atoms with Gasteiger partial charge in [0.15, 0.2) is 0 Å². The molecule has 0 saturated heterocycles. The molecule has 2 heteroatoms. The van der Waals surface area contributed by atoms with Crippen LogP contribution >= 0.6 is 0 Å². The van der Waals surface area contributed by atoms with Crippen LogP contribution in [-0.2, 0) is 6.42 Å². The average Bonchev–Trinajstić information content (AvgIpc) is 2.62. The van der Waals surface area contributed by atoms with Gasteiger partial charge >= 0.3 is 0 Å². The largest absolute Gasteiger partial charge is 0.286 e. The van der Waals surface area contributed by atoms with Crippen molar-refractivity contribution < 1.29 is 4.39 Å². The molecule has 0 aromatic heterocycles. The minimum Gasteiger partial charge on any atom is -0.286 e. The zero-order valence-electron chi connectivity index (χ0n) is 14.4. The Labute approximate surface area is 143 Å². The molecule has 0 fully saturated rings. The van der Waals surface area contributed by atoms with Crippen molar-refractivity contribution in [3.8, 4) is 0 Å².